The zero-order valence-corrected chi connectivity index (χ0v) is 18.1. The van der Waals surface area contributed by atoms with E-state index in [1.54, 1.807) is 39.0 Å². The third kappa shape index (κ3) is 7.56. The Hall–Kier alpha value is -2.29. The van der Waals surface area contributed by atoms with E-state index < -0.39 is 21.6 Å². The molecule has 0 heterocycles. The van der Waals surface area contributed by atoms with E-state index in [-0.39, 0.29) is 18.0 Å². The maximum absolute atomic E-state index is 12.3. The summed E-state index contributed by atoms with van der Waals surface area (Å²) in [6.07, 6.45) is 0.434. The zero-order chi connectivity index (χ0) is 21.7. The lowest BCUT2D eigenvalue weighted by Gasteiger charge is -2.19. The van der Waals surface area contributed by atoms with Crippen LogP contribution in [0.15, 0.2) is 47.4 Å². The van der Waals surface area contributed by atoms with Crippen molar-refractivity contribution < 1.29 is 22.7 Å². The summed E-state index contributed by atoms with van der Waals surface area (Å²) in [4.78, 5) is 11.9. The van der Waals surface area contributed by atoms with Crippen molar-refractivity contribution in [2.75, 3.05) is 18.9 Å². The minimum absolute atomic E-state index is 0.146. The van der Waals surface area contributed by atoms with Gasteiger partial charge in [-0.05, 0) is 69.2 Å². The van der Waals surface area contributed by atoms with Gasteiger partial charge < -0.3 is 15.2 Å². The normalized spacial score (nSPS) is 11.9. The van der Waals surface area contributed by atoms with Gasteiger partial charge in [-0.25, -0.2) is 17.9 Å². The zero-order valence-electron chi connectivity index (χ0n) is 16.6. The van der Waals surface area contributed by atoms with Crippen LogP contribution in [0.1, 0.15) is 26.3 Å². The molecule has 0 aromatic heterocycles. The maximum atomic E-state index is 12.3. The monoisotopic (exact) mass is 440 g/mol. The van der Waals surface area contributed by atoms with Crippen LogP contribution in [-0.4, -0.2) is 33.1 Å². The van der Waals surface area contributed by atoms with Crippen molar-refractivity contribution >= 4 is 33.3 Å². The number of halogens is 1. The lowest BCUT2D eigenvalue weighted by atomic mass is 10.1. The average Bonchev–Trinajstić information content (AvgIpc) is 2.60. The van der Waals surface area contributed by atoms with Gasteiger partial charge >= 0.3 is 5.97 Å². The van der Waals surface area contributed by atoms with Gasteiger partial charge in [-0.15, -0.1) is 0 Å². The molecule has 0 unspecified atom stereocenters. The third-order valence-corrected chi connectivity index (χ3v) is 5.40. The van der Waals surface area contributed by atoms with Gasteiger partial charge in [0.2, 0.25) is 10.0 Å². The number of hydrogen-bond acceptors (Lipinski definition) is 6. The highest BCUT2D eigenvalue weighted by Crippen LogP contribution is 2.23. The van der Waals surface area contributed by atoms with E-state index in [0.29, 0.717) is 22.9 Å². The van der Waals surface area contributed by atoms with Gasteiger partial charge in [0.1, 0.15) is 11.4 Å². The van der Waals surface area contributed by atoms with Crippen molar-refractivity contribution in [3.05, 3.63) is 53.1 Å². The minimum atomic E-state index is -3.61. The number of ether oxygens (including phenoxy) is 2. The Bertz CT molecular complexity index is 954. The molecule has 0 saturated carbocycles. The van der Waals surface area contributed by atoms with E-state index >= 15 is 0 Å². The number of anilines is 1. The summed E-state index contributed by atoms with van der Waals surface area (Å²) in [7, 11) is -3.61. The number of carbonyl (C=O) groups is 1. The van der Waals surface area contributed by atoms with Crippen molar-refractivity contribution in [2.24, 2.45) is 0 Å². The highest BCUT2D eigenvalue weighted by Gasteiger charge is 2.17. The van der Waals surface area contributed by atoms with Crippen LogP contribution < -0.4 is 15.2 Å². The van der Waals surface area contributed by atoms with Crippen LogP contribution in [0.5, 0.6) is 5.75 Å². The van der Waals surface area contributed by atoms with Crippen molar-refractivity contribution in [1.82, 2.24) is 4.72 Å². The molecule has 2 aromatic carbocycles. The number of rotatable bonds is 8. The molecule has 9 heteroatoms. The van der Waals surface area contributed by atoms with Gasteiger partial charge in [0.15, 0.2) is 6.61 Å². The number of nitrogens with two attached hydrogens (primary N) is 1. The van der Waals surface area contributed by atoms with Crippen LogP contribution >= 0.6 is 11.6 Å². The smallest absolute Gasteiger partial charge is 0.344 e. The summed E-state index contributed by atoms with van der Waals surface area (Å²) in [5.41, 5.74) is 6.56. The molecule has 0 spiro atoms. The predicted molar refractivity (Wildman–Crippen MR) is 113 cm³/mol. The number of nitrogens with one attached hydrogen (secondary N) is 1. The highest BCUT2D eigenvalue weighted by atomic mass is 35.5. The summed E-state index contributed by atoms with van der Waals surface area (Å²) in [5.74, 6) is -0.126. The Labute approximate surface area is 176 Å². The molecule has 3 N–H and O–H groups in total. The van der Waals surface area contributed by atoms with Crippen LogP contribution in [0.25, 0.3) is 0 Å². The van der Waals surface area contributed by atoms with E-state index in [0.717, 1.165) is 5.56 Å². The quantitative estimate of drug-likeness (QED) is 0.482. The molecule has 0 fully saturated rings. The molecule has 0 atom stereocenters. The number of esters is 1. The first-order chi connectivity index (χ1) is 13.5. The number of nitrogen functional groups attached to an aromatic ring is 1. The van der Waals surface area contributed by atoms with Crippen molar-refractivity contribution in [1.29, 1.82) is 0 Å². The second-order valence-corrected chi connectivity index (χ2v) is 9.55. The van der Waals surface area contributed by atoms with Crippen LogP contribution in [0.4, 0.5) is 5.69 Å². The van der Waals surface area contributed by atoms with E-state index in [2.05, 4.69) is 4.72 Å². The molecular formula is C20H25ClN2O5S. The van der Waals surface area contributed by atoms with Crippen molar-refractivity contribution in [2.45, 2.75) is 37.7 Å². The number of benzene rings is 2. The van der Waals surface area contributed by atoms with Gasteiger partial charge in [0.05, 0.1) is 10.6 Å². The number of hydrogen-bond donors (Lipinski definition) is 2. The number of carbonyl (C=O) groups excluding carboxylic acids is 1. The lowest BCUT2D eigenvalue weighted by molar-refractivity contribution is -0.157. The fraction of sp³-hybridized carbons (Fsp3) is 0.350. The third-order valence-electron chi connectivity index (χ3n) is 3.67. The molecule has 2 rings (SSSR count). The Morgan fingerprint density at radius 2 is 1.79 bits per heavy atom. The Morgan fingerprint density at radius 1 is 1.14 bits per heavy atom. The molecule has 0 aliphatic rings. The maximum Gasteiger partial charge on any atom is 0.344 e. The van der Waals surface area contributed by atoms with Crippen LogP contribution in [0.3, 0.4) is 0 Å². The van der Waals surface area contributed by atoms with Gasteiger partial charge in [-0.2, -0.15) is 0 Å². The fourth-order valence-corrected chi connectivity index (χ4v) is 3.58. The molecule has 7 nitrogen and oxygen atoms in total. The van der Waals surface area contributed by atoms with Crippen LogP contribution in [0.2, 0.25) is 5.02 Å². The summed E-state index contributed by atoms with van der Waals surface area (Å²) >= 11 is 5.78. The molecule has 0 aliphatic heterocycles. The molecule has 0 amide bonds. The predicted octanol–water partition coefficient (Wildman–Crippen LogP) is 3.16. The molecule has 0 radical (unpaired) electrons. The van der Waals surface area contributed by atoms with Crippen LogP contribution in [-0.2, 0) is 26.0 Å². The summed E-state index contributed by atoms with van der Waals surface area (Å²) in [5, 5.41) is 0.466. The topological polar surface area (TPSA) is 108 Å². The van der Waals surface area contributed by atoms with Gasteiger partial charge in [-0.1, -0.05) is 17.7 Å². The highest BCUT2D eigenvalue weighted by molar-refractivity contribution is 7.89. The molecule has 158 valence electrons. The standard InChI is InChI=1S/C20H25ClN2O5S/c1-20(2,3)28-19(24)13-27-18-9-4-14(12-17(18)22)10-11-23-29(25,26)16-7-5-15(21)6-8-16/h4-9,12,23H,10-11,13,22H2,1-3H3. The average molecular weight is 441 g/mol. The first kappa shape index (κ1) is 23.0. The van der Waals surface area contributed by atoms with Crippen molar-refractivity contribution in [3.63, 3.8) is 0 Å². The Balaban J connectivity index is 1.88. The summed E-state index contributed by atoms with van der Waals surface area (Å²) in [6, 6.07) is 11.0. The molecular weight excluding hydrogens is 416 g/mol. The first-order valence-electron chi connectivity index (χ1n) is 8.94. The second kappa shape index (κ2) is 9.47. The molecule has 0 bridgehead atoms. The Kier molecular flexibility index (Phi) is 7.51. The SMILES string of the molecule is CC(C)(C)OC(=O)COc1ccc(CCNS(=O)(=O)c2ccc(Cl)cc2)cc1N. The Morgan fingerprint density at radius 3 is 2.38 bits per heavy atom. The summed E-state index contributed by atoms with van der Waals surface area (Å²) < 4.78 is 37.6. The largest absolute Gasteiger partial charge is 0.480 e. The van der Waals surface area contributed by atoms with E-state index in [1.807, 2.05) is 0 Å². The van der Waals surface area contributed by atoms with Gasteiger partial charge in [0.25, 0.3) is 0 Å². The lowest BCUT2D eigenvalue weighted by Crippen LogP contribution is -2.27. The van der Waals surface area contributed by atoms with E-state index in [4.69, 9.17) is 26.8 Å². The van der Waals surface area contributed by atoms with Crippen LogP contribution in [0, 0.1) is 0 Å². The minimum Gasteiger partial charge on any atom is -0.480 e. The van der Waals surface area contributed by atoms with E-state index in [9.17, 15) is 13.2 Å². The van der Waals surface area contributed by atoms with Gasteiger partial charge in [-0.3, -0.25) is 0 Å². The molecule has 0 aliphatic carbocycles. The van der Waals surface area contributed by atoms with Gasteiger partial charge in [0, 0.05) is 11.6 Å². The second-order valence-electron chi connectivity index (χ2n) is 7.35. The molecule has 29 heavy (non-hydrogen) atoms. The number of sulfonamides is 1. The molecule has 2 aromatic rings. The summed E-state index contributed by atoms with van der Waals surface area (Å²) in [6.45, 7) is 5.27. The first-order valence-corrected chi connectivity index (χ1v) is 10.8. The molecule has 0 saturated heterocycles. The fourth-order valence-electron chi connectivity index (χ4n) is 2.42. The van der Waals surface area contributed by atoms with E-state index in [1.165, 1.54) is 24.3 Å². The van der Waals surface area contributed by atoms with Crippen molar-refractivity contribution in [3.8, 4) is 5.75 Å².